The fourth-order valence-electron chi connectivity index (χ4n) is 2.74. The molecule has 6 heteroatoms. The summed E-state index contributed by atoms with van der Waals surface area (Å²) >= 11 is 0. The second-order valence-electron chi connectivity index (χ2n) is 5.98. The summed E-state index contributed by atoms with van der Waals surface area (Å²) in [5, 5.41) is 3.25. The lowest BCUT2D eigenvalue weighted by molar-refractivity contribution is -0.111. The van der Waals surface area contributed by atoms with Gasteiger partial charge in [0, 0.05) is 11.8 Å². The van der Waals surface area contributed by atoms with E-state index in [4.69, 9.17) is 4.42 Å². The second kappa shape index (κ2) is 6.33. The molecule has 6 nitrogen and oxygen atoms in total. The molecule has 0 aliphatic rings. The summed E-state index contributed by atoms with van der Waals surface area (Å²) in [5.74, 6) is -0.340. The molecule has 0 fully saturated rings. The van der Waals surface area contributed by atoms with Gasteiger partial charge in [-0.3, -0.25) is 9.59 Å². The molecule has 2 N–H and O–H groups in total. The number of hydrogen-bond donors (Lipinski definition) is 2. The predicted molar refractivity (Wildman–Crippen MR) is 101 cm³/mol. The average Bonchev–Trinajstić information content (AvgIpc) is 3.09. The van der Waals surface area contributed by atoms with Crippen molar-refractivity contribution in [3.63, 3.8) is 0 Å². The van der Waals surface area contributed by atoms with Gasteiger partial charge in [0.15, 0.2) is 5.43 Å². The Balaban J connectivity index is 1.57. The van der Waals surface area contributed by atoms with Crippen molar-refractivity contribution in [3.05, 3.63) is 76.4 Å². The largest absolute Gasteiger partial charge is 0.463 e. The minimum absolute atomic E-state index is 0.169. The molecule has 4 rings (SSSR count). The molecule has 0 saturated heterocycles. The number of amides is 1. The van der Waals surface area contributed by atoms with E-state index in [9.17, 15) is 9.59 Å². The van der Waals surface area contributed by atoms with E-state index >= 15 is 0 Å². The maximum absolute atomic E-state index is 12.5. The van der Waals surface area contributed by atoms with Crippen LogP contribution in [-0.2, 0) is 4.79 Å². The highest BCUT2D eigenvalue weighted by Gasteiger charge is 2.06. The van der Waals surface area contributed by atoms with E-state index < -0.39 is 0 Å². The van der Waals surface area contributed by atoms with E-state index in [0.717, 1.165) is 16.6 Å². The molecule has 0 spiro atoms. The number of benzene rings is 2. The SMILES string of the molecule is Cc1ccc2occ(/C=C/C(=O)Nc3ccc4nc[nH]c4c3)c(=O)c2c1. The van der Waals surface area contributed by atoms with E-state index in [-0.39, 0.29) is 11.3 Å². The Morgan fingerprint density at radius 2 is 2.12 bits per heavy atom. The second-order valence-corrected chi connectivity index (χ2v) is 5.98. The third-order valence-electron chi connectivity index (χ3n) is 4.06. The quantitative estimate of drug-likeness (QED) is 0.555. The van der Waals surface area contributed by atoms with Gasteiger partial charge in [0.25, 0.3) is 0 Å². The number of aromatic nitrogens is 2. The van der Waals surface area contributed by atoms with Crippen molar-refractivity contribution in [2.75, 3.05) is 5.32 Å². The normalized spacial score (nSPS) is 11.4. The van der Waals surface area contributed by atoms with Crippen molar-refractivity contribution in [1.29, 1.82) is 0 Å². The van der Waals surface area contributed by atoms with Gasteiger partial charge < -0.3 is 14.7 Å². The first-order valence-electron chi connectivity index (χ1n) is 8.04. The number of carbonyl (C=O) groups is 1. The van der Waals surface area contributed by atoms with Crippen LogP contribution < -0.4 is 10.7 Å². The molecule has 0 atom stereocenters. The maximum Gasteiger partial charge on any atom is 0.248 e. The van der Waals surface area contributed by atoms with Crippen molar-refractivity contribution < 1.29 is 9.21 Å². The summed E-state index contributed by atoms with van der Waals surface area (Å²) < 4.78 is 5.47. The number of rotatable bonds is 3. The van der Waals surface area contributed by atoms with Gasteiger partial charge in [0.2, 0.25) is 5.91 Å². The Morgan fingerprint density at radius 3 is 3.00 bits per heavy atom. The molecule has 128 valence electrons. The molecule has 0 aliphatic heterocycles. The standard InChI is InChI=1S/C20H15N3O3/c1-12-2-6-18-15(8-12)20(25)13(10-26-18)3-7-19(24)23-14-4-5-16-17(9-14)22-11-21-16/h2-11H,1H3,(H,21,22)(H,23,24)/b7-3+. The van der Waals surface area contributed by atoms with Gasteiger partial charge in [-0.05, 0) is 43.3 Å². The van der Waals surface area contributed by atoms with Gasteiger partial charge in [0.1, 0.15) is 11.8 Å². The topological polar surface area (TPSA) is 88.0 Å². The fraction of sp³-hybridized carbons (Fsp3) is 0.0500. The van der Waals surface area contributed by atoms with E-state index in [1.165, 1.54) is 18.4 Å². The van der Waals surface area contributed by atoms with Crippen LogP contribution in [0.4, 0.5) is 5.69 Å². The Bertz CT molecular complexity index is 1220. The highest BCUT2D eigenvalue weighted by molar-refractivity contribution is 6.02. The summed E-state index contributed by atoms with van der Waals surface area (Å²) in [6.45, 7) is 1.91. The molecule has 2 heterocycles. The summed E-state index contributed by atoms with van der Waals surface area (Å²) in [4.78, 5) is 31.8. The molecule has 0 aliphatic carbocycles. The van der Waals surface area contributed by atoms with E-state index in [1.807, 2.05) is 19.1 Å². The average molecular weight is 345 g/mol. The van der Waals surface area contributed by atoms with Gasteiger partial charge in [-0.25, -0.2) is 4.98 Å². The minimum atomic E-state index is -0.340. The van der Waals surface area contributed by atoms with Crippen LogP contribution in [-0.4, -0.2) is 15.9 Å². The molecule has 0 bridgehead atoms. The number of aryl methyl sites for hydroxylation is 1. The number of anilines is 1. The highest BCUT2D eigenvalue weighted by Crippen LogP contribution is 2.16. The third-order valence-corrected chi connectivity index (χ3v) is 4.06. The molecule has 0 radical (unpaired) electrons. The fourth-order valence-corrected chi connectivity index (χ4v) is 2.74. The van der Waals surface area contributed by atoms with Crippen LogP contribution in [0.25, 0.3) is 28.1 Å². The minimum Gasteiger partial charge on any atom is -0.463 e. The van der Waals surface area contributed by atoms with Gasteiger partial charge in [-0.1, -0.05) is 11.6 Å². The van der Waals surface area contributed by atoms with E-state index in [1.54, 1.807) is 30.6 Å². The van der Waals surface area contributed by atoms with Crippen LogP contribution in [0, 0.1) is 6.92 Å². The highest BCUT2D eigenvalue weighted by atomic mass is 16.3. The van der Waals surface area contributed by atoms with Crippen molar-refractivity contribution in [2.24, 2.45) is 0 Å². The number of aromatic amines is 1. The Labute approximate surface area is 148 Å². The van der Waals surface area contributed by atoms with Gasteiger partial charge >= 0.3 is 0 Å². The molecule has 26 heavy (non-hydrogen) atoms. The molecule has 2 aromatic heterocycles. The molecular weight excluding hydrogens is 330 g/mol. The maximum atomic E-state index is 12.5. The Kier molecular flexibility index (Phi) is 3.85. The smallest absolute Gasteiger partial charge is 0.248 e. The van der Waals surface area contributed by atoms with Crippen LogP contribution in [0.15, 0.2) is 64.3 Å². The van der Waals surface area contributed by atoms with Crippen molar-refractivity contribution in [3.8, 4) is 0 Å². The van der Waals surface area contributed by atoms with Crippen molar-refractivity contribution in [2.45, 2.75) is 6.92 Å². The number of imidazole rings is 1. The zero-order valence-electron chi connectivity index (χ0n) is 13.9. The number of nitrogens with zero attached hydrogens (tertiary/aromatic N) is 1. The molecular formula is C20H15N3O3. The summed E-state index contributed by atoms with van der Waals surface area (Å²) in [6, 6.07) is 10.8. The predicted octanol–water partition coefficient (Wildman–Crippen LogP) is 3.63. The van der Waals surface area contributed by atoms with Gasteiger partial charge in [-0.2, -0.15) is 0 Å². The molecule has 2 aromatic carbocycles. The monoisotopic (exact) mass is 345 g/mol. The van der Waals surface area contributed by atoms with Crippen LogP contribution >= 0.6 is 0 Å². The van der Waals surface area contributed by atoms with Gasteiger partial charge in [-0.15, -0.1) is 0 Å². The summed E-state index contributed by atoms with van der Waals surface area (Å²) in [5.41, 5.74) is 3.94. The molecule has 0 unspecified atom stereocenters. The first kappa shape index (κ1) is 15.8. The first-order valence-corrected chi connectivity index (χ1v) is 8.04. The van der Waals surface area contributed by atoms with Crippen LogP contribution in [0.1, 0.15) is 11.1 Å². The number of nitrogens with one attached hydrogen (secondary N) is 2. The number of carbonyl (C=O) groups excluding carboxylic acids is 1. The van der Waals surface area contributed by atoms with Crippen molar-refractivity contribution >= 4 is 39.7 Å². The van der Waals surface area contributed by atoms with Crippen LogP contribution in [0.3, 0.4) is 0 Å². The zero-order chi connectivity index (χ0) is 18.1. The van der Waals surface area contributed by atoms with Crippen LogP contribution in [0.2, 0.25) is 0 Å². The summed E-state index contributed by atoms with van der Waals surface area (Å²) in [6.07, 6.45) is 5.72. The number of fused-ring (bicyclic) bond motifs is 2. The van der Waals surface area contributed by atoms with E-state index in [0.29, 0.717) is 22.2 Å². The first-order chi connectivity index (χ1) is 12.6. The number of hydrogen-bond acceptors (Lipinski definition) is 4. The van der Waals surface area contributed by atoms with Gasteiger partial charge in [0.05, 0.1) is 28.3 Å². The molecule has 0 saturated carbocycles. The zero-order valence-corrected chi connectivity index (χ0v) is 13.9. The lowest BCUT2D eigenvalue weighted by atomic mass is 10.1. The Morgan fingerprint density at radius 1 is 1.23 bits per heavy atom. The lowest BCUT2D eigenvalue weighted by Crippen LogP contribution is -2.09. The van der Waals surface area contributed by atoms with Crippen molar-refractivity contribution in [1.82, 2.24) is 9.97 Å². The third kappa shape index (κ3) is 3.00. The van der Waals surface area contributed by atoms with Crippen LogP contribution in [0.5, 0.6) is 0 Å². The Hall–Kier alpha value is -3.67. The molecule has 4 aromatic rings. The van der Waals surface area contributed by atoms with E-state index in [2.05, 4.69) is 15.3 Å². The molecule has 1 amide bonds. The number of H-pyrrole nitrogens is 1. The summed E-state index contributed by atoms with van der Waals surface area (Å²) in [7, 11) is 0. The lowest BCUT2D eigenvalue weighted by Gasteiger charge is -2.02.